The zero-order valence-electron chi connectivity index (χ0n) is 15.4. The first-order valence-corrected chi connectivity index (χ1v) is 10.6. The average Bonchev–Trinajstić information content (AvgIpc) is 3.35. The molecule has 2 fully saturated rings. The Hall–Kier alpha value is -1.73. The quantitative estimate of drug-likeness (QED) is 0.778. The SMILES string of the molecule is O=C(NC1CCCC1)C1CCCN(Cc2nc(-c3ccc(Br)cc3)no2)C1. The molecule has 1 N–H and O–H groups in total. The number of carbonyl (C=O) groups is 1. The molecule has 1 unspecified atom stereocenters. The molecular weight excluding hydrogens is 408 g/mol. The summed E-state index contributed by atoms with van der Waals surface area (Å²) in [6, 6.07) is 8.23. The van der Waals surface area contributed by atoms with Crippen molar-refractivity contribution in [1.82, 2.24) is 20.4 Å². The Morgan fingerprint density at radius 2 is 1.96 bits per heavy atom. The molecule has 1 saturated carbocycles. The van der Waals surface area contributed by atoms with Gasteiger partial charge in [-0.1, -0.05) is 33.9 Å². The van der Waals surface area contributed by atoms with Crippen LogP contribution in [0.5, 0.6) is 0 Å². The number of carbonyl (C=O) groups excluding carboxylic acids is 1. The van der Waals surface area contributed by atoms with Crippen molar-refractivity contribution < 1.29 is 9.32 Å². The second-order valence-electron chi connectivity index (χ2n) is 7.58. The molecule has 1 saturated heterocycles. The molecule has 1 amide bonds. The van der Waals surface area contributed by atoms with E-state index in [1.54, 1.807) is 0 Å². The lowest BCUT2D eigenvalue weighted by Gasteiger charge is -2.31. The van der Waals surface area contributed by atoms with Crippen LogP contribution in [0.3, 0.4) is 0 Å². The Morgan fingerprint density at radius 3 is 2.74 bits per heavy atom. The summed E-state index contributed by atoms with van der Waals surface area (Å²) in [5.74, 6) is 1.48. The lowest BCUT2D eigenvalue weighted by molar-refractivity contribution is -0.127. The van der Waals surface area contributed by atoms with Gasteiger partial charge in [0.2, 0.25) is 17.6 Å². The van der Waals surface area contributed by atoms with Gasteiger partial charge in [-0.2, -0.15) is 4.98 Å². The van der Waals surface area contributed by atoms with Crippen molar-refractivity contribution in [2.75, 3.05) is 13.1 Å². The van der Waals surface area contributed by atoms with Crippen LogP contribution in [0.1, 0.15) is 44.4 Å². The molecule has 6 nitrogen and oxygen atoms in total. The largest absolute Gasteiger partial charge is 0.353 e. The van der Waals surface area contributed by atoms with Crippen LogP contribution in [-0.4, -0.2) is 40.1 Å². The van der Waals surface area contributed by atoms with Gasteiger partial charge in [-0.3, -0.25) is 9.69 Å². The summed E-state index contributed by atoms with van der Waals surface area (Å²) in [4.78, 5) is 19.3. The third-order valence-corrected chi connectivity index (χ3v) is 6.04. The Balaban J connectivity index is 1.34. The predicted octanol–water partition coefficient (Wildman–Crippen LogP) is 3.77. The van der Waals surface area contributed by atoms with Gasteiger partial charge in [0, 0.05) is 22.6 Å². The van der Waals surface area contributed by atoms with Gasteiger partial charge < -0.3 is 9.84 Å². The first kappa shape index (κ1) is 18.6. The highest BCUT2D eigenvalue weighted by atomic mass is 79.9. The summed E-state index contributed by atoms with van der Waals surface area (Å²) < 4.78 is 6.46. The van der Waals surface area contributed by atoms with E-state index < -0.39 is 0 Å². The second kappa shape index (κ2) is 8.52. The lowest BCUT2D eigenvalue weighted by atomic mass is 9.96. The molecule has 27 heavy (non-hydrogen) atoms. The van der Waals surface area contributed by atoms with Gasteiger partial charge in [0.15, 0.2) is 0 Å². The number of amides is 1. The van der Waals surface area contributed by atoms with Crippen LogP contribution in [0, 0.1) is 5.92 Å². The van der Waals surface area contributed by atoms with Crippen molar-refractivity contribution in [2.45, 2.75) is 51.1 Å². The van der Waals surface area contributed by atoms with Crippen molar-refractivity contribution in [1.29, 1.82) is 0 Å². The zero-order valence-corrected chi connectivity index (χ0v) is 17.0. The van der Waals surface area contributed by atoms with Crippen LogP contribution in [0.4, 0.5) is 0 Å². The Morgan fingerprint density at radius 1 is 1.19 bits per heavy atom. The van der Waals surface area contributed by atoms with Gasteiger partial charge in [0.05, 0.1) is 12.5 Å². The molecule has 0 spiro atoms. The van der Waals surface area contributed by atoms with E-state index >= 15 is 0 Å². The van der Waals surface area contributed by atoms with Crippen molar-refractivity contribution >= 4 is 21.8 Å². The summed E-state index contributed by atoms with van der Waals surface area (Å²) in [7, 11) is 0. The fourth-order valence-corrected chi connectivity index (χ4v) is 4.29. The molecule has 144 valence electrons. The van der Waals surface area contributed by atoms with Gasteiger partial charge in [-0.05, 0) is 56.5 Å². The summed E-state index contributed by atoms with van der Waals surface area (Å²) >= 11 is 3.43. The molecule has 4 rings (SSSR count). The fourth-order valence-electron chi connectivity index (χ4n) is 4.03. The second-order valence-corrected chi connectivity index (χ2v) is 8.50. The lowest BCUT2D eigenvalue weighted by Crippen LogP contribution is -2.45. The normalized spacial score (nSPS) is 21.4. The van der Waals surface area contributed by atoms with Crippen LogP contribution < -0.4 is 5.32 Å². The van der Waals surface area contributed by atoms with Gasteiger partial charge in [-0.25, -0.2) is 0 Å². The monoisotopic (exact) mass is 432 g/mol. The highest BCUT2D eigenvalue weighted by molar-refractivity contribution is 9.10. The number of aromatic nitrogens is 2. The van der Waals surface area contributed by atoms with E-state index in [0.29, 0.717) is 24.3 Å². The van der Waals surface area contributed by atoms with Crippen molar-refractivity contribution in [3.63, 3.8) is 0 Å². The van der Waals surface area contributed by atoms with Gasteiger partial charge >= 0.3 is 0 Å². The number of nitrogens with one attached hydrogen (secondary N) is 1. The molecule has 1 aromatic carbocycles. The van der Waals surface area contributed by atoms with E-state index in [-0.39, 0.29) is 11.8 Å². The van der Waals surface area contributed by atoms with Gasteiger partial charge in [0.25, 0.3) is 0 Å². The molecule has 1 aliphatic carbocycles. The number of hydrogen-bond acceptors (Lipinski definition) is 5. The van der Waals surface area contributed by atoms with E-state index in [4.69, 9.17) is 4.52 Å². The maximum Gasteiger partial charge on any atom is 0.241 e. The van der Waals surface area contributed by atoms with E-state index in [2.05, 4.69) is 36.3 Å². The third-order valence-electron chi connectivity index (χ3n) is 5.51. The minimum Gasteiger partial charge on any atom is -0.353 e. The topological polar surface area (TPSA) is 71.3 Å². The Bertz CT molecular complexity index is 771. The Kier molecular flexibility index (Phi) is 5.88. The number of piperidine rings is 1. The van der Waals surface area contributed by atoms with E-state index in [1.165, 1.54) is 12.8 Å². The predicted molar refractivity (Wildman–Crippen MR) is 106 cm³/mol. The summed E-state index contributed by atoms with van der Waals surface area (Å²) in [6.45, 7) is 2.31. The molecule has 2 heterocycles. The smallest absolute Gasteiger partial charge is 0.241 e. The van der Waals surface area contributed by atoms with Crippen molar-refractivity contribution in [2.24, 2.45) is 5.92 Å². The molecule has 1 aliphatic heterocycles. The number of hydrogen-bond donors (Lipinski definition) is 1. The van der Waals surface area contributed by atoms with Crippen LogP contribution >= 0.6 is 15.9 Å². The number of halogens is 1. The number of likely N-dealkylation sites (tertiary alicyclic amines) is 1. The molecular formula is C20H25BrN4O2. The first-order valence-electron chi connectivity index (χ1n) is 9.78. The molecule has 2 aromatic rings. The summed E-state index contributed by atoms with van der Waals surface area (Å²) in [5, 5.41) is 7.34. The molecule has 7 heteroatoms. The fraction of sp³-hybridized carbons (Fsp3) is 0.550. The van der Waals surface area contributed by atoms with Gasteiger partial charge in [0.1, 0.15) is 0 Å². The molecule has 1 atom stereocenters. The third kappa shape index (κ3) is 4.76. The summed E-state index contributed by atoms with van der Waals surface area (Å²) in [5.41, 5.74) is 0.931. The molecule has 2 aliphatic rings. The number of benzene rings is 1. The van der Waals surface area contributed by atoms with Crippen LogP contribution in [0.25, 0.3) is 11.4 Å². The van der Waals surface area contributed by atoms with E-state index in [9.17, 15) is 4.79 Å². The Labute approximate surface area is 167 Å². The first-order chi connectivity index (χ1) is 13.2. The number of rotatable bonds is 5. The maximum atomic E-state index is 12.6. The molecule has 1 aromatic heterocycles. The summed E-state index contributed by atoms with van der Waals surface area (Å²) in [6.07, 6.45) is 6.71. The minimum absolute atomic E-state index is 0.0632. The minimum atomic E-state index is 0.0632. The molecule has 0 radical (unpaired) electrons. The zero-order chi connectivity index (χ0) is 18.6. The van der Waals surface area contributed by atoms with E-state index in [0.717, 1.165) is 48.8 Å². The van der Waals surface area contributed by atoms with Crippen LogP contribution in [-0.2, 0) is 11.3 Å². The van der Waals surface area contributed by atoms with Crippen LogP contribution in [0.15, 0.2) is 33.3 Å². The van der Waals surface area contributed by atoms with Crippen molar-refractivity contribution in [3.8, 4) is 11.4 Å². The number of nitrogens with zero attached hydrogens (tertiary/aromatic N) is 3. The standard InChI is InChI=1S/C20H25BrN4O2/c21-16-9-7-14(8-10-16)19-23-18(27-24-19)13-25-11-3-4-15(12-25)20(26)22-17-5-1-2-6-17/h7-10,15,17H,1-6,11-13H2,(H,22,26). The highest BCUT2D eigenvalue weighted by Gasteiger charge is 2.28. The van der Waals surface area contributed by atoms with Gasteiger partial charge in [-0.15, -0.1) is 0 Å². The highest BCUT2D eigenvalue weighted by Crippen LogP contribution is 2.23. The average molecular weight is 433 g/mol. The van der Waals surface area contributed by atoms with Crippen molar-refractivity contribution in [3.05, 3.63) is 34.6 Å². The van der Waals surface area contributed by atoms with Crippen LogP contribution in [0.2, 0.25) is 0 Å². The molecule has 0 bridgehead atoms. The van der Waals surface area contributed by atoms with E-state index in [1.807, 2.05) is 24.3 Å². The maximum absolute atomic E-state index is 12.6.